The summed E-state index contributed by atoms with van der Waals surface area (Å²) in [6.45, 7) is 8.55. The summed E-state index contributed by atoms with van der Waals surface area (Å²) in [5.74, 6) is 1.17. The standard InChI is InChI=1S/C28H40O6/c1-14-23-19(26(4)13-21(31)33-28(26)24(14)34-28)12-18-22-17(8-10-25(18,23)3)27(32-15(2)29)9-6-5-7-16(27)11-20(22)30/h14,16-20,22-24,30H,5-13H2,1-4H3/t14-,16?,17?,18?,19?,20?,22?,23?,24?,25?,26?,27?,28?/m0/s1. The Morgan fingerprint density at radius 1 is 1.09 bits per heavy atom. The molecule has 1 N–H and O–H groups in total. The van der Waals surface area contributed by atoms with Crippen molar-refractivity contribution >= 4 is 11.9 Å². The van der Waals surface area contributed by atoms with E-state index < -0.39 is 11.4 Å². The van der Waals surface area contributed by atoms with Gasteiger partial charge in [0.2, 0.25) is 5.79 Å². The van der Waals surface area contributed by atoms with E-state index in [9.17, 15) is 14.7 Å². The molecule has 0 amide bonds. The third kappa shape index (κ3) is 2.37. The van der Waals surface area contributed by atoms with Gasteiger partial charge in [0.15, 0.2) is 0 Å². The molecule has 5 aliphatic carbocycles. The molecule has 7 rings (SSSR count). The van der Waals surface area contributed by atoms with E-state index in [1.807, 2.05) is 0 Å². The highest BCUT2D eigenvalue weighted by molar-refractivity contribution is 5.75. The molecule has 5 saturated carbocycles. The maximum Gasteiger partial charge on any atom is 0.309 e. The van der Waals surface area contributed by atoms with Gasteiger partial charge in [0.1, 0.15) is 11.7 Å². The Bertz CT molecular complexity index is 949. The van der Waals surface area contributed by atoms with E-state index in [4.69, 9.17) is 14.2 Å². The normalized spacial score (nSPS) is 61.1. The van der Waals surface area contributed by atoms with Gasteiger partial charge >= 0.3 is 11.9 Å². The first-order valence-electron chi connectivity index (χ1n) is 13.8. The molecule has 0 radical (unpaired) electrons. The molecule has 7 aliphatic rings. The molecule has 6 heteroatoms. The highest BCUT2D eigenvalue weighted by atomic mass is 16.8. The van der Waals surface area contributed by atoms with Gasteiger partial charge in [-0.3, -0.25) is 9.59 Å². The van der Waals surface area contributed by atoms with Crippen LogP contribution in [0.25, 0.3) is 0 Å². The van der Waals surface area contributed by atoms with Gasteiger partial charge in [-0.05, 0) is 80.0 Å². The summed E-state index contributed by atoms with van der Waals surface area (Å²) in [4.78, 5) is 24.9. The number of esters is 2. The highest BCUT2D eigenvalue weighted by Gasteiger charge is 2.85. The van der Waals surface area contributed by atoms with E-state index in [1.54, 1.807) is 6.92 Å². The molecule has 6 nitrogen and oxygen atoms in total. The molecule has 2 saturated heterocycles. The summed E-state index contributed by atoms with van der Waals surface area (Å²) in [5.41, 5.74) is -0.599. The zero-order chi connectivity index (χ0) is 23.8. The van der Waals surface area contributed by atoms with Crippen LogP contribution in [0.3, 0.4) is 0 Å². The molecule has 0 bridgehead atoms. The van der Waals surface area contributed by atoms with E-state index in [1.165, 1.54) is 0 Å². The number of aliphatic hydroxyl groups excluding tert-OH is 1. The Labute approximate surface area is 202 Å². The number of rotatable bonds is 1. The predicted molar refractivity (Wildman–Crippen MR) is 122 cm³/mol. The molecule has 7 fully saturated rings. The molecule has 2 heterocycles. The summed E-state index contributed by atoms with van der Waals surface area (Å²) >= 11 is 0. The second kappa shape index (κ2) is 6.59. The number of carbonyl (C=O) groups excluding carboxylic acids is 2. The second-order valence-corrected chi connectivity index (χ2v) is 13.6. The van der Waals surface area contributed by atoms with E-state index >= 15 is 0 Å². The van der Waals surface area contributed by atoms with Gasteiger partial charge in [0.05, 0.1) is 12.5 Å². The van der Waals surface area contributed by atoms with Crippen LogP contribution in [0.4, 0.5) is 0 Å². The second-order valence-electron chi connectivity index (χ2n) is 13.6. The molecule has 188 valence electrons. The van der Waals surface area contributed by atoms with Crippen molar-refractivity contribution in [2.24, 2.45) is 52.3 Å². The van der Waals surface area contributed by atoms with Gasteiger partial charge in [-0.2, -0.15) is 0 Å². The minimum absolute atomic E-state index is 0.00453. The fraction of sp³-hybridized carbons (Fsp3) is 0.929. The summed E-state index contributed by atoms with van der Waals surface area (Å²) in [6.07, 6.45) is 8.23. The minimum Gasteiger partial charge on any atom is -0.459 e. The number of carbonyl (C=O) groups is 2. The van der Waals surface area contributed by atoms with Crippen molar-refractivity contribution in [2.75, 3.05) is 0 Å². The molecule has 0 aromatic rings. The molecule has 0 aromatic heterocycles. The van der Waals surface area contributed by atoms with Crippen molar-refractivity contribution in [3.05, 3.63) is 0 Å². The van der Waals surface area contributed by atoms with Crippen molar-refractivity contribution in [1.82, 2.24) is 0 Å². The van der Waals surface area contributed by atoms with E-state index in [2.05, 4.69) is 20.8 Å². The highest BCUT2D eigenvalue weighted by Crippen LogP contribution is 2.78. The predicted octanol–water partition coefficient (Wildman–Crippen LogP) is 4.23. The average Bonchev–Trinajstić information content (AvgIpc) is 3.31. The van der Waals surface area contributed by atoms with Crippen LogP contribution in [0.1, 0.15) is 85.5 Å². The topological polar surface area (TPSA) is 85.4 Å². The lowest BCUT2D eigenvalue weighted by Crippen LogP contribution is -2.63. The van der Waals surface area contributed by atoms with Crippen molar-refractivity contribution in [1.29, 1.82) is 0 Å². The lowest BCUT2D eigenvalue weighted by molar-refractivity contribution is -0.229. The molecule has 12 unspecified atom stereocenters. The molecular formula is C28H40O6. The van der Waals surface area contributed by atoms with Crippen LogP contribution in [0, 0.1) is 52.3 Å². The lowest BCUT2D eigenvalue weighted by atomic mass is 9.46. The minimum atomic E-state index is -0.716. The van der Waals surface area contributed by atoms with Crippen LogP contribution >= 0.6 is 0 Å². The molecule has 34 heavy (non-hydrogen) atoms. The van der Waals surface area contributed by atoms with Gasteiger partial charge in [-0.25, -0.2) is 0 Å². The number of hydrogen-bond donors (Lipinski definition) is 1. The summed E-state index contributed by atoms with van der Waals surface area (Å²) < 4.78 is 18.4. The molecule has 2 aliphatic heterocycles. The van der Waals surface area contributed by atoms with Gasteiger partial charge in [0.25, 0.3) is 0 Å². The molecular weight excluding hydrogens is 432 g/mol. The first-order valence-corrected chi connectivity index (χ1v) is 13.8. The maximum atomic E-state index is 12.5. The third-order valence-electron chi connectivity index (χ3n) is 12.5. The molecule has 1 spiro atoms. The van der Waals surface area contributed by atoms with E-state index in [0.717, 1.165) is 51.4 Å². The Balaban J connectivity index is 1.30. The number of epoxide rings is 1. The zero-order valence-corrected chi connectivity index (χ0v) is 21.0. The first-order chi connectivity index (χ1) is 16.1. The Morgan fingerprint density at radius 2 is 1.88 bits per heavy atom. The summed E-state index contributed by atoms with van der Waals surface area (Å²) in [5, 5.41) is 11.7. The van der Waals surface area contributed by atoms with Crippen LogP contribution in [-0.2, 0) is 23.8 Å². The SMILES string of the molecule is CC(=O)OC12CCCCC1CC(O)C1C3CC4C([C@H](C)C5OC56OC(=O)CC46C)C3(C)CCC12. The Kier molecular flexibility index (Phi) is 4.28. The lowest BCUT2D eigenvalue weighted by Gasteiger charge is -2.62. The number of fused-ring (bicyclic) bond motifs is 8. The third-order valence-corrected chi connectivity index (χ3v) is 12.5. The van der Waals surface area contributed by atoms with E-state index in [0.29, 0.717) is 30.1 Å². The van der Waals surface area contributed by atoms with Crippen molar-refractivity contribution in [3.8, 4) is 0 Å². The van der Waals surface area contributed by atoms with Crippen LogP contribution in [0.15, 0.2) is 0 Å². The fourth-order valence-electron chi connectivity index (χ4n) is 11.5. The van der Waals surface area contributed by atoms with Crippen LogP contribution in [0.5, 0.6) is 0 Å². The van der Waals surface area contributed by atoms with Crippen LogP contribution in [0.2, 0.25) is 0 Å². The Morgan fingerprint density at radius 3 is 2.65 bits per heavy atom. The number of ether oxygens (including phenoxy) is 3. The molecule has 13 atom stereocenters. The average molecular weight is 473 g/mol. The Hall–Kier alpha value is -1.14. The van der Waals surface area contributed by atoms with Crippen LogP contribution in [-0.4, -0.2) is 40.6 Å². The van der Waals surface area contributed by atoms with Gasteiger partial charge in [-0.15, -0.1) is 0 Å². The maximum absolute atomic E-state index is 12.5. The monoisotopic (exact) mass is 472 g/mol. The quantitative estimate of drug-likeness (QED) is 0.454. The smallest absolute Gasteiger partial charge is 0.309 e. The largest absolute Gasteiger partial charge is 0.459 e. The van der Waals surface area contributed by atoms with Crippen molar-refractivity contribution < 1.29 is 28.9 Å². The van der Waals surface area contributed by atoms with Crippen molar-refractivity contribution in [2.45, 2.75) is 109 Å². The zero-order valence-electron chi connectivity index (χ0n) is 21.0. The van der Waals surface area contributed by atoms with Gasteiger partial charge in [0, 0.05) is 24.2 Å². The number of hydrogen-bond acceptors (Lipinski definition) is 6. The van der Waals surface area contributed by atoms with Gasteiger partial charge < -0.3 is 19.3 Å². The molecule has 0 aromatic carbocycles. The summed E-state index contributed by atoms with van der Waals surface area (Å²) in [6, 6.07) is 0. The number of aliphatic hydroxyl groups is 1. The van der Waals surface area contributed by atoms with Crippen LogP contribution < -0.4 is 0 Å². The van der Waals surface area contributed by atoms with Crippen molar-refractivity contribution in [3.63, 3.8) is 0 Å². The van der Waals surface area contributed by atoms with E-state index in [-0.39, 0.29) is 52.7 Å². The first kappa shape index (κ1) is 22.1. The van der Waals surface area contributed by atoms with Gasteiger partial charge in [-0.1, -0.05) is 27.2 Å². The summed E-state index contributed by atoms with van der Waals surface area (Å²) in [7, 11) is 0. The fourth-order valence-corrected chi connectivity index (χ4v) is 11.5.